The molecular weight excluding hydrogens is 226 g/mol. The van der Waals surface area contributed by atoms with Crippen molar-refractivity contribution in [2.75, 3.05) is 13.2 Å². The number of aromatic nitrogens is 2. The van der Waals surface area contributed by atoms with Gasteiger partial charge in [0.2, 0.25) is 0 Å². The van der Waals surface area contributed by atoms with Crippen molar-refractivity contribution in [1.82, 2.24) is 14.9 Å². The maximum absolute atomic E-state index is 9.24. The van der Waals surface area contributed by atoms with E-state index in [1.807, 2.05) is 0 Å². The van der Waals surface area contributed by atoms with Crippen molar-refractivity contribution in [1.29, 1.82) is 0 Å². The van der Waals surface area contributed by atoms with Gasteiger partial charge >= 0.3 is 0 Å². The molecule has 2 N–H and O–H groups in total. The zero-order valence-electron chi connectivity index (χ0n) is 10.9. The highest BCUT2D eigenvalue weighted by Gasteiger charge is 2.21. The van der Waals surface area contributed by atoms with Gasteiger partial charge in [-0.05, 0) is 31.7 Å². The quantitative estimate of drug-likeness (QED) is 0.844. The topological polar surface area (TPSA) is 50.1 Å². The summed E-state index contributed by atoms with van der Waals surface area (Å²) in [4.78, 5) is 4.75. The molecule has 0 radical (unpaired) electrons. The standard InChI is InChI=1S/C14H23N3O/c18-10-11-4-6-17-9-13(16-14(17)7-11)8-12-3-1-2-5-15-12/h9,11-12,15,18H,1-8,10H2. The van der Waals surface area contributed by atoms with Gasteiger partial charge in [0.15, 0.2) is 0 Å². The minimum Gasteiger partial charge on any atom is -0.396 e. The minimum absolute atomic E-state index is 0.298. The molecule has 1 aromatic rings. The highest BCUT2D eigenvalue weighted by molar-refractivity contribution is 5.09. The first-order valence-corrected chi connectivity index (χ1v) is 7.24. The molecule has 2 aliphatic rings. The van der Waals surface area contributed by atoms with Crippen molar-refractivity contribution in [3.05, 3.63) is 17.7 Å². The third kappa shape index (κ3) is 2.59. The van der Waals surface area contributed by atoms with Crippen molar-refractivity contribution in [3.63, 3.8) is 0 Å². The molecule has 4 heteroatoms. The maximum atomic E-state index is 9.24. The summed E-state index contributed by atoms with van der Waals surface area (Å²) < 4.78 is 2.28. The molecular formula is C14H23N3O. The van der Waals surface area contributed by atoms with Crippen LogP contribution in [0.5, 0.6) is 0 Å². The Hall–Kier alpha value is -0.870. The summed E-state index contributed by atoms with van der Waals surface area (Å²) in [5, 5.41) is 12.8. The van der Waals surface area contributed by atoms with E-state index in [0.29, 0.717) is 18.6 Å². The van der Waals surface area contributed by atoms with E-state index < -0.39 is 0 Å². The number of aliphatic hydroxyl groups is 1. The van der Waals surface area contributed by atoms with E-state index in [4.69, 9.17) is 4.98 Å². The summed E-state index contributed by atoms with van der Waals surface area (Å²) >= 11 is 0. The number of fused-ring (bicyclic) bond motifs is 1. The van der Waals surface area contributed by atoms with Gasteiger partial charge in [0.1, 0.15) is 5.82 Å². The van der Waals surface area contributed by atoms with Crippen LogP contribution in [0.25, 0.3) is 0 Å². The van der Waals surface area contributed by atoms with Crippen LogP contribution in [-0.4, -0.2) is 33.9 Å². The van der Waals surface area contributed by atoms with E-state index in [1.54, 1.807) is 0 Å². The first-order chi connectivity index (χ1) is 8.85. The Balaban J connectivity index is 1.65. The number of nitrogens with zero attached hydrogens (tertiary/aromatic N) is 2. The average Bonchev–Trinajstić information content (AvgIpc) is 2.80. The Morgan fingerprint density at radius 3 is 3.11 bits per heavy atom. The van der Waals surface area contributed by atoms with Crippen LogP contribution in [0.4, 0.5) is 0 Å². The number of piperidine rings is 1. The van der Waals surface area contributed by atoms with Gasteiger partial charge in [-0.2, -0.15) is 0 Å². The van der Waals surface area contributed by atoms with Gasteiger partial charge in [-0.15, -0.1) is 0 Å². The molecule has 0 bridgehead atoms. The molecule has 0 aliphatic carbocycles. The lowest BCUT2D eigenvalue weighted by molar-refractivity contribution is 0.199. The number of hydrogen-bond acceptors (Lipinski definition) is 3. The molecule has 0 aromatic carbocycles. The zero-order valence-corrected chi connectivity index (χ0v) is 10.9. The summed E-state index contributed by atoms with van der Waals surface area (Å²) in [6.45, 7) is 2.48. The Labute approximate surface area is 108 Å². The Morgan fingerprint density at radius 2 is 2.33 bits per heavy atom. The van der Waals surface area contributed by atoms with Gasteiger partial charge in [0.05, 0.1) is 5.69 Å². The molecule has 1 aromatic heterocycles. The lowest BCUT2D eigenvalue weighted by Crippen LogP contribution is -2.35. The van der Waals surface area contributed by atoms with Crippen LogP contribution in [0.2, 0.25) is 0 Å². The first kappa shape index (κ1) is 12.2. The van der Waals surface area contributed by atoms with E-state index >= 15 is 0 Å². The van der Waals surface area contributed by atoms with E-state index in [2.05, 4.69) is 16.1 Å². The second-order valence-electron chi connectivity index (χ2n) is 5.73. The number of nitrogens with one attached hydrogen (secondary N) is 1. The number of imidazole rings is 1. The van der Waals surface area contributed by atoms with Gasteiger partial charge < -0.3 is 15.0 Å². The summed E-state index contributed by atoms with van der Waals surface area (Å²) in [6.07, 6.45) is 9.24. The molecule has 2 atom stereocenters. The molecule has 1 saturated heterocycles. The van der Waals surface area contributed by atoms with E-state index in [-0.39, 0.29) is 0 Å². The maximum Gasteiger partial charge on any atom is 0.109 e. The molecule has 2 aliphatic heterocycles. The van der Waals surface area contributed by atoms with E-state index in [0.717, 1.165) is 32.4 Å². The summed E-state index contributed by atoms with van der Waals surface area (Å²) in [5.74, 6) is 1.59. The molecule has 3 heterocycles. The SMILES string of the molecule is OCC1CCn2cc(CC3CCCCN3)nc2C1. The minimum atomic E-state index is 0.298. The number of rotatable bonds is 3. The predicted octanol–water partition coefficient (Wildman–Crippen LogP) is 1.12. The number of hydrogen-bond donors (Lipinski definition) is 2. The molecule has 1 fully saturated rings. The van der Waals surface area contributed by atoms with Crippen LogP contribution < -0.4 is 5.32 Å². The predicted molar refractivity (Wildman–Crippen MR) is 70.5 cm³/mol. The molecule has 0 amide bonds. The van der Waals surface area contributed by atoms with Crippen LogP contribution in [0.3, 0.4) is 0 Å². The summed E-state index contributed by atoms with van der Waals surface area (Å²) in [6, 6.07) is 0.615. The zero-order chi connectivity index (χ0) is 12.4. The first-order valence-electron chi connectivity index (χ1n) is 7.24. The fourth-order valence-corrected chi connectivity index (χ4v) is 3.16. The smallest absolute Gasteiger partial charge is 0.109 e. The van der Waals surface area contributed by atoms with E-state index in [1.165, 1.54) is 30.8 Å². The Morgan fingerprint density at radius 1 is 1.39 bits per heavy atom. The molecule has 2 unspecified atom stereocenters. The lowest BCUT2D eigenvalue weighted by atomic mass is 9.99. The van der Waals surface area contributed by atoms with Gasteiger partial charge in [-0.1, -0.05) is 6.42 Å². The van der Waals surface area contributed by atoms with Gasteiger partial charge in [0, 0.05) is 38.2 Å². The molecule has 4 nitrogen and oxygen atoms in total. The van der Waals surface area contributed by atoms with Crippen LogP contribution in [0.1, 0.15) is 37.2 Å². The fraction of sp³-hybridized carbons (Fsp3) is 0.786. The summed E-state index contributed by atoms with van der Waals surface area (Å²) in [7, 11) is 0. The fourth-order valence-electron chi connectivity index (χ4n) is 3.16. The highest BCUT2D eigenvalue weighted by Crippen LogP contribution is 2.21. The van der Waals surface area contributed by atoms with E-state index in [9.17, 15) is 5.11 Å². The third-order valence-corrected chi connectivity index (χ3v) is 4.28. The largest absolute Gasteiger partial charge is 0.396 e. The van der Waals surface area contributed by atoms with Crippen LogP contribution in [0, 0.1) is 5.92 Å². The molecule has 100 valence electrons. The van der Waals surface area contributed by atoms with Gasteiger partial charge in [-0.3, -0.25) is 0 Å². The molecule has 3 rings (SSSR count). The van der Waals surface area contributed by atoms with Gasteiger partial charge in [-0.25, -0.2) is 4.98 Å². The van der Waals surface area contributed by atoms with Crippen LogP contribution >= 0.6 is 0 Å². The third-order valence-electron chi connectivity index (χ3n) is 4.28. The normalized spacial score (nSPS) is 28.1. The number of aliphatic hydroxyl groups excluding tert-OH is 1. The Kier molecular flexibility index (Phi) is 3.66. The van der Waals surface area contributed by atoms with Crippen molar-refractivity contribution in [3.8, 4) is 0 Å². The second-order valence-corrected chi connectivity index (χ2v) is 5.73. The van der Waals surface area contributed by atoms with Crippen molar-refractivity contribution in [2.45, 2.75) is 51.1 Å². The lowest BCUT2D eigenvalue weighted by Gasteiger charge is -2.22. The Bertz CT molecular complexity index is 396. The average molecular weight is 249 g/mol. The number of aryl methyl sites for hydroxylation is 1. The molecule has 18 heavy (non-hydrogen) atoms. The van der Waals surface area contributed by atoms with Crippen molar-refractivity contribution in [2.24, 2.45) is 5.92 Å². The monoisotopic (exact) mass is 249 g/mol. The van der Waals surface area contributed by atoms with Crippen molar-refractivity contribution >= 4 is 0 Å². The second kappa shape index (κ2) is 5.41. The highest BCUT2D eigenvalue weighted by atomic mass is 16.3. The van der Waals surface area contributed by atoms with Crippen molar-refractivity contribution < 1.29 is 5.11 Å². The van der Waals surface area contributed by atoms with Gasteiger partial charge in [0.25, 0.3) is 0 Å². The molecule has 0 saturated carbocycles. The van der Waals surface area contributed by atoms with Crippen LogP contribution in [-0.2, 0) is 19.4 Å². The van der Waals surface area contributed by atoms with Crippen LogP contribution in [0.15, 0.2) is 6.20 Å². The molecule has 0 spiro atoms. The summed E-state index contributed by atoms with van der Waals surface area (Å²) in [5.41, 5.74) is 1.22.